The highest BCUT2D eigenvalue weighted by molar-refractivity contribution is 9.10. The monoisotopic (exact) mass is 410 g/mol. The lowest BCUT2D eigenvalue weighted by Crippen LogP contribution is -2.20. The first-order valence-electron chi connectivity index (χ1n) is 3.44. The van der Waals surface area contributed by atoms with E-state index in [1.165, 1.54) is 6.42 Å². The summed E-state index contributed by atoms with van der Waals surface area (Å²) in [7, 11) is 0. The van der Waals surface area contributed by atoms with E-state index in [1.54, 1.807) is 0 Å². The van der Waals surface area contributed by atoms with Gasteiger partial charge < -0.3 is 0 Å². The molecule has 0 radical (unpaired) electrons. The Bertz CT molecular complexity index is 121. The Balaban J connectivity index is 2.65. The van der Waals surface area contributed by atoms with Crippen LogP contribution >= 0.6 is 63.7 Å². The minimum absolute atomic E-state index is 0.486. The van der Waals surface area contributed by atoms with Gasteiger partial charge in [-0.25, -0.2) is 0 Å². The molecule has 1 fully saturated rings. The molecule has 0 aromatic rings. The van der Waals surface area contributed by atoms with Crippen molar-refractivity contribution in [1.29, 1.82) is 0 Å². The van der Waals surface area contributed by atoms with E-state index in [9.17, 15) is 0 Å². The Kier molecular flexibility index (Phi) is 3.97. The predicted octanol–water partition coefficient (Wildman–Crippen LogP) is 3.94. The summed E-state index contributed by atoms with van der Waals surface area (Å²) >= 11 is 14.3. The fraction of sp³-hybridized carbons (Fsp3) is 1.00. The van der Waals surface area contributed by atoms with Gasteiger partial charge in [0.05, 0.1) is 0 Å². The van der Waals surface area contributed by atoms with Crippen LogP contribution in [-0.4, -0.2) is 21.3 Å². The Morgan fingerprint density at radius 2 is 1.00 bits per heavy atom. The molecule has 11 heavy (non-hydrogen) atoms. The molecule has 0 saturated heterocycles. The zero-order valence-electron chi connectivity index (χ0n) is 6.05. The molecule has 1 aliphatic carbocycles. The molecule has 1 aliphatic rings. The lowest BCUT2D eigenvalue weighted by atomic mass is 10.0. The van der Waals surface area contributed by atoms with E-state index in [1.807, 2.05) is 0 Å². The molecule has 0 heterocycles. The molecule has 0 spiro atoms. The van der Waals surface area contributed by atoms with Gasteiger partial charge in [-0.2, -0.15) is 0 Å². The Morgan fingerprint density at radius 3 is 1.09 bits per heavy atom. The first-order valence-corrected chi connectivity index (χ1v) is 7.93. The molecule has 0 N–H and O–H groups in total. The highest BCUT2D eigenvalue weighted by Crippen LogP contribution is 2.66. The van der Waals surface area contributed by atoms with E-state index in [0.29, 0.717) is 10.8 Å². The highest BCUT2D eigenvalue weighted by atomic mass is 79.9. The Labute approximate surface area is 101 Å². The molecule has 0 aliphatic heterocycles. The quantitative estimate of drug-likeness (QED) is 0.612. The van der Waals surface area contributed by atoms with Crippen molar-refractivity contribution < 1.29 is 0 Å². The average molecular weight is 414 g/mol. The van der Waals surface area contributed by atoms with Crippen molar-refractivity contribution in [2.45, 2.75) is 6.42 Å². The van der Waals surface area contributed by atoms with Crippen LogP contribution in [0.4, 0.5) is 0 Å². The topological polar surface area (TPSA) is 0 Å². The van der Waals surface area contributed by atoms with Gasteiger partial charge in [-0.1, -0.05) is 63.7 Å². The highest BCUT2D eigenvalue weighted by Gasteiger charge is 2.64. The summed E-state index contributed by atoms with van der Waals surface area (Å²) < 4.78 is 0. The van der Waals surface area contributed by atoms with Crippen molar-refractivity contribution in [2.24, 2.45) is 10.8 Å². The summed E-state index contributed by atoms with van der Waals surface area (Å²) in [6.07, 6.45) is 1.31. The summed E-state index contributed by atoms with van der Waals surface area (Å²) in [6.45, 7) is 0. The van der Waals surface area contributed by atoms with Crippen molar-refractivity contribution in [2.75, 3.05) is 21.3 Å². The summed E-state index contributed by atoms with van der Waals surface area (Å²) in [6, 6.07) is 0. The molecular formula is C7H10Br4. The molecule has 4 heteroatoms. The number of hydrogen-bond acceptors (Lipinski definition) is 0. The molecule has 0 amide bonds. The third-order valence-corrected chi connectivity index (χ3v) is 6.99. The maximum absolute atomic E-state index is 3.58. The number of halogens is 4. The minimum atomic E-state index is 0.486. The van der Waals surface area contributed by atoms with E-state index in [0.717, 1.165) is 21.3 Å². The summed E-state index contributed by atoms with van der Waals surface area (Å²) in [5, 5.41) is 4.40. The van der Waals surface area contributed by atoms with E-state index in [-0.39, 0.29) is 0 Å². The first kappa shape index (κ1) is 11.0. The SMILES string of the molecule is BrCC1(CBr)CC1(CBr)CBr. The maximum Gasteiger partial charge on any atom is 0.0102 e. The fourth-order valence-electron chi connectivity index (χ4n) is 1.43. The van der Waals surface area contributed by atoms with Crippen LogP contribution in [0, 0.1) is 10.8 Å². The number of hydrogen-bond donors (Lipinski definition) is 0. The second-order valence-electron chi connectivity index (χ2n) is 3.27. The second-order valence-corrected chi connectivity index (χ2v) is 5.51. The van der Waals surface area contributed by atoms with Gasteiger partial charge in [-0.05, 0) is 17.3 Å². The molecule has 0 bridgehead atoms. The molecular weight excluding hydrogens is 404 g/mol. The molecule has 0 unspecified atom stereocenters. The molecule has 0 aromatic carbocycles. The van der Waals surface area contributed by atoms with Crippen LogP contribution in [0.2, 0.25) is 0 Å². The van der Waals surface area contributed by atoms with Gasteiger partial charge in [0, 0.05) is 21.3 Å². The first-order chi connectivity index (χ1) is 5.20. The summed E-state index contributed by atoms with van der Waals surface area (Å²) in [5.74, 6) is 0. The zero-order valence-corrected chi connectivity index (χ0v) is 12.4. The molecule has 0 aromatic heterocycles. The van der Waals surface area contributed by atoms with Crippen LogP contribution in [0.25, 0.3) is 0 Å². The van der Waals surface area contributed by atoms with Gasteiger partial charge in [0.15, 0.2) is 0 Å². The molecule has 66 valence electrons. The van der Waals surface area contributed by atoms with Crippen LogP contribution in [0.15, 0.2) is 0 Å². The van der Waals surface area contributed by atoms with Crippen molar-refractivity contribution in [1.82, 2.24) is 0 Å². The maximum atomic E-state index is 3.58. The Morgan fingerprint density at radius 1 is 0.727 bits per heavy atom. The fourth-order valence-corrected chi connectivity index (χ4v) is 6.46. The van der Waals surface area contributed by atoms with Crippen LogP contribution in [0.3, 0.4) is 0 Å². The average Bonchev–Trinajstić information content (AvgIpc) is 2.75. The number of rotatable bonds is 4. The van der Waals surface area contributed by atoms with Crippen LogP contribution in [0.5, 0.6) is 0 Å². The van der Waals surface area contributed by atoms with Crippen LogP contribution < -0.4 is 0 Å². The van der Waals surface area contributed by atoms with Crippen LogP contribution in [0.1, 0.15) is 6.42 Å². The van der Waals surface area contributed by atoms with E-state index in [2.05, 4.69) is 63.7 Å². The molecule has 1 rings (SSSR count). The van der Waals surface area contributed by atoms with Crippen molar-refractivity contribution in [3.63, 3.8) is 0 Å². The summed E-state index contributed by atoms with van der Waals surface area (Å²) in [4.78, 5) is 0. The largest absolute Gasteiger partial charge is 0.0921 e. The van der Waals surface area contributed by atoms with Crippen molar-refractivity contribution in [3.8, 4) is 0 Å². The minimum Gasteiger partial charge on any atom is -0.0921 e. The molecule has 0 nitrogen and oxygen atoms in total. The predicted molar refractivity (Wildman–Crippen MR) is 64.7 cm³/mol. The van der Waals surface area contributed by atoms with Gasteiger partial charge in [0.25, 0.3) is 0 Å². The van der Waals surface area contributed by atoms with Crippen molar-refractivity contribution >= 4 is 63.7 Å². The van der Waals surface area contributed by atoms with E-state index in [4.69, 9.17) is 0 Å². The van der Waals surface area contributed by atoms with E-state index >= 15 is 0 Å². The van der Waals surface area contributed by atoms with Gasteiger partial charge in [0.2, 0.25) is 0 Å². The summed E-state index contributed by atoms with van der Waals surface area (Å²) in [5.41, 5.74) is 0.972. The lowest BCUT2D eigenvalue weighted by Gasteiger charge is -2.17. The van der Waals surface area contributed by atoms with Gasteiger partial charge in [0.1, 0.15) is 0 Å². The molecule has 1 saturated carbocycles. The van der Waals surface area contributed by atoms with Crippen molar-refractivity contribution in [3.05, 3.63) is 0 Å². The Hall–Kier alpha value is 1.92. The zero-order chi connectivity index (χ0) is 8.54. The van der Waals surface area contributed by atoms with Gasteiger partial charge in [-0.15, -0.1) is 0 Å². The van der Waals surface area contributed by atoms with E-state index < -0.39 is 0 Å². The normalized spacial score (nSPS) is 25.1. The van der Waals surface area contributed by atoms with Gasteiger partial charge >= 0.3 is 0 Å². The smallest absolute Gasteiger partial charge is 0.0102 e. The second kappa shape index (κ2) is 3.97. The van der Waals surface area contributed by atoms with Crippen LogP contribution in [-0.2, 0) is 0 Å². The number of alkyl halides is 4. The lowest BCUT2D eigenvalue weighted by molar-refractivity contribution is 0.498. The molecule has 0 atom stereocenters. The third-order valence-electron chi connectivity index (χ3n) is 2.70. The van der Waals surface area contributed by atoms with Gasteiger partial charge in [-0.3, -0.25) is 0 Å². The third kappa shape index (κ3) is 1.62. The standard InChI is InChI=1S/C7H10Br4/c8-2-6(3-9)1-7(6,4-10)5-11/h1-5H2.